The van der Waals surface area contributed by atoms with Gasteiger partial charge in [-0.25, -0.2) is 0 Å². The number of hydrogen-bond donors (Lipinski definition) is 1. The molecule has 1 atom stereocenters. The average molecular weight is 270 g/mol. The van der Waals surface area contributed by atoms with Crippen LogP contribution in [0.5, 0.6) is 0 Å². The van der Waals surface area contributed by atoms with E-state index in [-0.39, 0.29) is 17.4 Å². The first-order valence-corrected chi connectivity index (χ1v) is 7.34. The molecule has 0 aromatic rings. The van der Waals surface area contributed by atoms with Gasteiger partial charge >= 0.3 is 0 Å². The Hall–Kier alpha value is -0.610. The summed E-state index contributed by atoms with van der Waals surface area (Å²) in [6, 6.07) is -0.0239. The molecule has 4 heteroatoms. The second-order valence-corrected chi connectivity index (χ2v) is 7.01. The quantitative estimate of drug-likeness (QED) is 0.831. The molecule has 0 aliphatic carbocycles. The first kappa shape index (κ1) is 16.4. The highest BCUT2D eigenvalue weighted by Gasteiger charge is 2.25. The van der Waals surface area contributed by atoms with Gasteiger partial charge in [-0.1, -0.05) is 20.8 Å². The number of nitrogens with two attached hydrogens (primary N) is 1. The SMILES string of the molecule is COCC1CCN(C(=O)CC(N)CC(C)(C)C)CC1. The molecule has 0 aromatic carbocycles. The summed E-state index contributed by atoms with van der Waals surface area (Å²) in [5, 5.41) is 0. The molecule has 0 aromatic heterocycles. The molecule has 2 N–H and O–H groups in total. The number of ether oxygens (including phenoxy) is 1. The van der Waals surface area contributed by atoms with Crippen molar-refractivity contribution < 1.29 is 9.53 Å². The van der Waals surface area contributed by atoms with E-state index in [0.717, 1.165) is 39.0 Å². The minimum atomic E-state index is -0.0239. The standard InChI is InChI=1S/C15H30N2O2/c1-15(2,3)10-13(16)9-14(18)17-7-5-12(6-8-17)11-19-4/h12-13H,5-11,16H2,1-4H3. The first-order valence-electron chi connectivity index (χ1n) is 7.34. The lowest BCUT2D eigenvalue weighted by Gasteiger charge is -2.33. The Kier molecular flexibility index (Phi) is 6.27. The van der Waals surface area contributed by atoms with Gasteiger partial charge in [0.2, 0.25) is 5.91 Å². The highest BCUT2D eigenvalue weighted by Crippen LogP contribution is 2.22. The van der Waals surface area contributed by atoms with Gasteiger partial charge in [0.1, 0.15) is 0 Å². The highest BCUT2D eigenvalue weighted by molar-refractivity contribution is 5.76. The fraction of sp³-hybridized carbons (Fsp3) is 0.933. The topological polar surface area (TPSA) is 55.6 Å². The second-order valence-electron chi connectivity index (χ2n) is 7.01. The van der Waals surface area contributed by atoms with E-state index in [0.29, 0.717) is 12.3 Å². The van der Waals surface area contributed by atoms with Crippen LogP contribution in [0, 0.1) is 11.3 Å². The van der Waals surface area contributed by atoms with Crippen LogP contribution in [0.2, 0.25) is 0 Å². The predicted octanol–water partition coefficient (Wildman–Crippen LogP) is 2.02. The molecule has 0 bridgehead atoms. The number of methoxy groups -OCH3 is 1. The zero-order valence-electron chi connectivity index (χ0n) is 12.9. The van der Waals surface area contributed by atoms with E-state index in [9.17, 15) is 4.79 Å². The lowest BCUT2D eigenvalue weighted by atomic mass is 9.87. The molecule has 1 saturated heterocycles. The number of nitrogens with zero attached hydrogens (tertiary/aromatic N) is 1. The zero-order chi connectivity index (χ0) is 14.5. The minimum absolute atomic E-state index is 0.0239. The normalized spacial score (nSPS) is 19.5. The number of likely N-dealkylation sites (tertiary alicyclic amines) is 1. The molecule has 1 rings (SSSR count). The summed E-state index contributed by atoms with van der Waals surface area (Å²) in [5.41, 5.74) is 6.26. The van der Waals surface area contributed by atoms with Crippen LogP contribution in [-0.4, -0.2) is 43.7 Å². The van der Waals surface area contributed by atoms with Crippen molar-refractivity contribution >= 4 is 5.91 Å². The van der Waals surface area contributed by atoms with Crippen molar-refractivity contribution in [3.63, 3.8) is 0 Å². The molecular formula is C15H30N2O2. The summed E-state index contributed by atoms with van der Waals surface area (Å²) in [4.78, 5) is 14.1. The molecule has 1 unspecified atom stereocenters. The maximum Gasteiger partial charge on any atom is 0.224 e. The van der Waals surface area contributed by atoms with Gasteiger partial charge < -0.3 is 15.4 Å². The third-order valence-corrected chi connectivity index (χ3v) is 3.68. The molecule has 1 fully saturated rings. The third-order valence-electron chi connectivity index (χ3n) is 3.68. The maximum absolute atomic E-state index is 12.2. The Bertz CT molecular complexity index is 278. The van der Waals surface area contributed by atoms with Crippen molar-refractivity contribution in [1.82, 2.24) is 4.90 Å². The predicted molar refractivity (Wildman–Crippen MR) is 77.8 cm³/mol. The van der Waals surface area contributed by atoms with Crippen LogP contribution in [0.25, 0.3) is 0 Å². The fourth-order valence-electron chi connectivity index (χ4n) is 2.80. The van der Waals surface area contributed by atoms with Crippen molar-refractivity contribution in [3.8, 4) is 0 Å². The van der Waals surface area contributed by atoms with Crippen molar-refractivity contribution in [3.05, 3.63) is 0 Å². The van der Waals surface area contributed by atoms with Crippen LogP contribution in [0.1, 0.15) is 46.5 Å². The van der Waals surface area contributed by atoms with Crippen LogP contribution in [0.15, 0.2) is 0 Å². The summed E-state index contributed by atoms with van der Waals surface area (Å²) in [6.45, 7) is 9.00. The summed E-state index contributed by atoms with van der Waals surface area (Å²) in [7, 11) is 1.74. The zero-order valence-corrected chi connectivity index (χ0v) is 12.9. The average Bonchev–Trinajstić information content (AvgIpc) is 2.27. The number of amides is 1. The van der Waals surface area contributed by atoms with E-state index >= 15 is 0 Å². The number of piperidine rings is 1. The van der Waals surface area contributed by atoms with Crippen molar-refractivity contribution in [2.24, 2.45) is 17.1 Å². The number of rotatable bonds is 5. The van der Waals surface area contributed by atoms with Crippen LogP contribution in [-0.2, 0) is 9.53 Å². The molecular weight excluding hydrogens is 240 g/mol. The van der Waals surface area contributed by atoms with E-state index in [1.54, 1.807) is 7.11 Å². The lowest BCUT2D eigenvalue weighted by Crippen LogP contribution is -2.42. The smallest absolute Gasteiger partial charge is 0.224 e. The van der Waals surface area contributed by atoms with Gasteiger partial charge in [0, 0.05) is 39.3 Å². The molecule has 1 aliphatic rings. The van der Waals surface area contributed by atoms with Crippen molar-refractivity contribution in [1.29, 1.82) is 0 Å². The first-order chi connectivity index (χ1) is 8.81. The van der Waals surface area contributed by atoms with Crippen LogP contribution in [0.4, 0.5) is 0 Å². The van der Waals surface area contributed by atoms with Gasteiger partial charge in [0.25, 0.3) is 0 Å². The maximum atomic E-state index is 12.2. The lowest BCUT2D eigenvalue weighted by molar-refractivity contribution is -0.133. The van der Waals surface area contributed by atoms with Crippen LogP contribution in [0.3, 0.4) is 0 Å². The molecule has 1 aliphatic heterocycles. The van der Waals surface area contributed by atoms with E-state index in [1.807, 2.05) is 4.90 Å². The Labute approximate surface area is 117 Å². The number of carbonyl (C=O) groups excluding carboxylic acids is 1. The summed E-state index contributed by atoms with van der Waals surface area (Å²) >= 11 is 0. The van der Waals surface area contributed by atoms with Crippen LogP contribution < -0.4 is 5.73 Å². The monoisotopic (exact) mass is 270 g/mol. The molecule has 19 heavy (non-hydrogen) atoms. The summed E-state index contributed by atoms with van der Waals surface area (Å²) < 4.78 is 5.17. The van der Waals surface area contributed by atoms with Gasteiger partial charge in [-0.3, -0.25) is 4.79 Å². The Morgan fingerprint density at radius 3 is 2.42 bits per heavy atom. The summed E-state index contributed by atoms with van der Waals surface area (Å²) in [6.07, 6.45) is 3.47. The van der Waals surface area contributed by atoms with Gasteiger partial charge in [0.15, 0.2) is 0 Å². The van der Waals surface area contributed by atoms with Gasteiger partial charge in [0.05, 0.1) is 0 Å². The van der Waals surface area contributed by atoms with Crippen LogP contribution >= 0.6 is 0 Å². The Balaban J connectivity index is 2.31. The summed E-state index contributed by atoms with van der Waals surface area (Å²) in [5.74, 6) is 0.824. The van der Waals surface area contributed by atoms with Gasteiger partial charge in [-0.05, 0) is 30.6 Å². The van der Waals surface area contributed by atoms with E-state index < -0.39 is 0 Å². The Morgan fingerprint density at radius 2 is 1.95 bits per heavy atom. The highest BCUT2D eigenvalue weighted by atomic mass is 16.5. The van der Waals surface area contributed by atoms with E-state index in [2.05, 4.69) is 20.8 Å². The number of carbonyl (C=O) groups is 1. The molecule has 112 valence electrons. The third kappa shape index (κ3) is 6.39. The van der Waals surface area contributed by atoms with Gasteiger partial charge in [-0.2, -0.15) is 0 Å². The second kappa shape index (κ2) is 7.25. The molecule has 1 amide bonds. The van der Waals surface area contributed by atoms with E-state index in [1.165, 1.54) is 0 Å². The fourth-order valence-corrected chi connectivity index (χ4v) is 2.80. The van der Waals surface area contributed by atoms with Crippen molar-refractivity contribution in [2.75, 3.05) is 26.8 Å². The minimum Gasteiger partial charge on any atom is -0.384 e. The van der Waals surface area contributed by atoms with Gasteiger partial charge in [-0.15, -0.1) is 0 Å². The molecule has 1 heterocycles. The molecule has 0 spiro atoms. The van der Waals surface area contributed by atoms with Crippen molar-refractivity contribution in [2.45, 2.75) is 52.5 Å². The number of hydrogen-bond acceptors (Lipinski definition) is 3. The van der Waals surface area contributed by atoms with E-state index in [4.69, 9.17) is 10.5 Å². The largest absolute Gasteiger partial charge is 0.384 e. The molecule has 0 radical (unpaired) electrons. The Morgan fingerprint density at radius 1 is 1.37 bits per heavy atom. The molecule has 0 saturated carbocycles. The molecule has 4 nitrogen and oxygen atoms in total.